The van der Waals surface area contributed by atoms with Crippen molar-refractivity contribution in [1.29, 1.82) is 0 Å². The van der Waals surface area contributed by atoms with E-state index in [1.165, 1.54) is 19.1 Å². The van der Waals surface area contributed by atoms with Crippen LogP contribution in [0.5, 0.6) is 0 Å². The van der Waals surface area contributed by atoms with Gasteiger partial charge < -0.3 is 5.11 Å². The molecule has 21 heavy (non-hydrogen) atoms. The molecule has 2 aromatic rings. The number of thiophene rings is 1. The molecule has 1 heterocycles. The lowest BCUT2D eigenvalue weighted by Crippen LogP contribution is -2.11. The van der Waals surface area contributed by atoms with Gasteiger partial charge in [-0.1, -0.05) is 11.6 Å². The van der Waals surface area contributed by atoms with Gasteiger partial charge >= 0.3 is 5.97 Å². The number of carbonyl (C=O) groups is 1. The Balaban J connectivity index is 2.36. The minimum Gasteiger partial charge on any atom is -0.477 e. The molecule has 1 aromatic heterocycles. The molecule has 1 aromatic carbocycles. The topological polar surface area (TPSA) is 83.5 Å². The maximum absolute atomic E-state index is 13.0. The van der Waals surface area contributed by atoms with Crippen LogP contribution in [-0.2, 0) is 10.0 Å². The third-order valence-corrected chi connectivity index (χ3v) is 5.90. The van der Waals surface area contributed by atoms with Crippen LogP contribution in [0.25, 0.3) is 0 Å². The van der Waals surface area contributed by atoms with Gasteiger partial charge in [-0.15, -0.1) is 11.3 Å². The molecule has 0 bridgehead atoms. The highest BCUT2D eigenvalue weighted by Crippen LogP contribution is 2.28. The van der Waals surface area contributed by atoms with Crippen LogP contribution in [-0.4, -0.2) is 19.5 Å². The van der Waals surface area contributed by atoms with E-state index in [2.05, 4.69) is 4.72 Å². The zero-order valence-electron chi connectivity index (χ0n) is 10.6. The summed E-state index contributed by atoms with van der Waals surface area (Å²) in [6.07, 6.45) is 0. The lowest BCUT2D eigenvalue weighted by atomic mass is 10.3. The minimum atomic E-state index is -3.95. The Morgan fingerprint density at radius 2 is 2.05 bits per heavy atom. The van der Waals surface area contributed by atoms with Crippen LogP contribution in [0.3, 0.4) is 0 Å². The van der Waals surface area contributed by atoms with Crippen molar-refractivity contribution in [2.75, 3.05) is 4.72 Å². The molecule has 0 saturated heterocycles. The average Bonchev–Trinajstić information content (AvgIpc) is 2.77. The van der Waals surface area contributed by atoms with Gasteiger partial charge in [-0.25, -0.2) is 17.6 Å². The molecule has 0 aliphatic rings. The van der Waals surface area contributed by atoms with Gasteiger partial charge in [0.15, 0.2) is 0 Å². The molecular weight excluding hydrogens is 341 g/mol. The molecule has 5 nitrogen and oxygen atoms in total. The number of sulfonamides is 1. The number of nitrogens with one attached hydrogen (secondary N) is 1. The van der Waals surface area contributed by atoms with Gasteiger partial charge in [0.25, 0.3) is 10.0 Å². The summed E-state index contributed by atoms with van der Waals surface area (Å²) >= 11 is 6.22. The molecule has 0 saturated carbocycles. The zero-order valence-corrected chi connectivity index (χ0v) is 12.9. The van der Waals surface area contributed by atoms with Gasteiger partial charge in [0, 0.05) is 0 Å². The molecule has 112 valence electrons. The van der Waals surface area contributed by atoms with E-state index in [4.69, 9.17) is 16.7 Å². The predicted octanol–water partition coefficient (Wildman–Crippen LogP) is 3.35. The third kappa shape index (κ3) is 3.34. The van der Waals surface area contributed by atoms with Gasteiger partial charge in [0.05, 0.1) is 10.7 Å². The Morgan fingerprint density at radius 3 is 2.57 bits per heavy atom. The quantitative estimate of drug-likeness (QED) is 0.886. The first kappa shape index (κ1) is 15.7. The highest BCUT2D eigenvalue weighted by atomic mass is 35.5. The van der Waals surface area contributed by atoms with Crippen molar-refractivity contribution in [1.82, 2.24) is 0 Å². The fourth-order valence-corrected chi connectivity index (χ4v) is 4.17. The van der Waals surface area contributed by atoms with Gasteiger partial charge in [0.1, 0.15) is 14.9 Å². The fraction of sp³-hybridized carbons (Fsp3) is 0.0833. The smallest absolute Gasteiger partial charge is 0.346 e. The number of halogens is 2. The molecule has 0 amide bonds. The highest BCUT2D eigenvalue weighted by Gasteiger charge is 2.22. The van der Waals surface area contributed by atoms with Crippen molar-refractivity contribution >= 4 is 44.6 Å². The Kier molecular flexibility index (Phi) is 4.22. The normalized spacial score (nSPS) is 11.4. The summed E-state index contributed by atoms with van der Waals surface area (Å²) in [6, 6.07) is 4.65. The van der Waals surface area contributed by atoms with Crippen molar-refractivity contribution in [2.45, 2.75) is 11.1 Å². The molecule has 0 aliphatic carbocycles. The number of anilines is 1. The summed E-state index contributed by atoms with van der Waals surface area (Å²) in [6.45, 7) is 1.51. The van der Waals surface area contributed by atoms with Crippen molar-refractivity contribution in [3.63, 3.8) is 0 Å². The second-order valence-corrected chi connectivity index (χ2v) is 7.49. The summed E-state index contributed by atoms with van der Waals surface area (Å²) in [5.74, 6) is -1.86. The van der Waals surface area contributed by atoms with Crippen LogP contribution >= 0.6 is 22.9 Å². The highest BCUT2D eigenvalue weighted by molar-refractivity contribution is 7.94. The third-order valence-electron chi connectivity index (χ3n) is 2.53. The monoisotopic (exact) mass is 349 g/mol. The maximum atomic E-state index is 13.0. The van der Waals surface area contributed by atoms with E-state index in [0.717, 1.165) is 12.1 Å². The first-order valence-electron chi connectivity index (χ1n) is 5.52. The lowest BCUT2D eigenvalue weighted by molar-refractivity contribution is 0.0701. The van der Waals surface area contributed by atoms with Gasteiger partial charge in [0.2, 0.25) is 0 Å². The molecule has 0 radical (unpaired) electrons. The number of hydrogen-bond donors (Lipinski definition) is 2. The van der Waals surface area contributed by atoms with Crippen LogP contribution in [0.2, 0.25) is 5.02 Å². The van der Waals surface area contributed by atoms with Crippen molar-refractivity contribution in [2.24, 2.45) is 0 Å². The summed E-state index contributed by atoms with van der Waals surface area (Å²) in [5, 5.41) is 8.72. The maximum Gasteiger partial charge on any atom is 0.346 e. The number of aryl methyl sites for hydroxylation is 1. The van der Waals surface area contributed by atoms with E-state index in [9.17, 15) is 17.6 Å². The van der Waals surface area contributed by atoms with E-state index < -0.39 is 21.8 Å². The molecular formula is C12H9ClFNO4S2. The summed E-state index contributed by atoms with van der Waals surface area (Å²) in [5.41, 5.74) is 0.439. The second-order valence-electron chi connectivity index (χ2n) is 4.12. The van der Waals surface area contributed by atoms with Gasteiger partial charge in [-0.05, 0) is 36.8 Å². The Labute approximate surface area is 129 Å². The number of hydrogen-bond acceptors (Lipinski definition) is 4. The predicted molar refractivity (Wildman–Crippen MR) is 78.2 cm³/mol. The largest absolute Gasteiger partial charge is 0.477 e. The SMILES string of the molecule is Cc1cc(S(=O)(=O)Nc2ccc(F)c(Cl)c2)sc1C(=O)O. The zero-order chi connectivity index (χ0) is 15.8. The molecule has 0 fully saturated rings. The number of rotatable bonds is 4. The van der Waals surface area contributed by atoms with Crippen molar-refractivity contribution in [3.05, 3.63) is 45.5 Å². The van der Waals surface area contributed by atoms with Crippen molar-refractivity contribution < 1.29 is 22.7 Å². The fourth-order valence-electron chi connectivity index (χ4n) is 1.56. The first-order valence-corrected chi connectivity index (χ1v) is 8.20. The average molecular weight is 350 g/mol. The number of aromatic carboxylic acids is 1. The van der Waals surface area contributed by atoms with E-state index >= 15 is 0 Å². The lowest BCUT2D eigenvalue weighted by Gasteiger charge is -2.06. The Bertz CT molecular complexity index is 817. The van der Waals surface area contributed by atoms with E-state index in [0.29, 0.717) is 16.9 Å². The van der Waals surface area contributed by atoms with Crippen LogP contribution < -0.4 is 4.72 Å². The van der Waals surface area contributed by atoms with Crippen LogP contribution in [0.1, 0.15) is 15.2 Å². The summed E-state index contributed by atoms with van der Waals surface area (Å²) in [4.78, 5) is 10.9. The van der Waals surface area contributed by atoms with Crippen LogP contribution in [0, 0.1) is 12.7 Å². The standard InChI is InChI=1S/C12H9ClFNO4S2/c1-6-4-10(20-11(6)12(16)17)21(18,19)15-7-2-3-9(14)8(13)5-7/h2-5,15H,1H3,(H,16,17). The molecule has 0 unspecified atom stereocenters. The molecule has 2 rings (SSSR count). The van der Waals surface area contributed by atoms with Crippen LogP contribution in [0.4, 0.5) is 10.1 Å². The van der Waals surface area contributed by atoms with Crippen molar-refractivity contribution in [3.8, 4) is 0 Å². The Morgan fingerprint density at radius 1 is 1.38 bits per heavy atom. The van der Waals surface area contributed by atoms with E-state index in [1.54, 1.807) is 0 Å². The molecule has 0 aliphatic heterocycles. The molecule has 0 atom stereocenters. The molecule has 2 N–H and O–H groups in total. The number of carboxylic acid groups (broad SMARTS) is 1. The number of carboxylic acids is 1. The summed E-state index contributed by atoms with van der Waals surface area (Å²) in [7, 11) is -3.95. The number of benzene rings is 1. The van der Waals surface area contributed by atoms with E-state index in [-0.39, 0.29) is 19.8 Å². The molecule has 0 spiro atoms. The second kappa shape index (κ2) is 5.63. The minimum absolute atomic E-state index is 0.0486. The molecule has 9 heteroatoms. The Hall–Kier alpha value is -1.64. The van der Waals surface area contributed by atoms with E-state index in [1.807, 2.05) is 0 Å². The van der Waals surface area contributed by atoms with Gasteiger partial charge in [-0.2, -0.15) is 0 Å². The summed E-state index contributed by atoms with van der Waals surface area (Å²) < 4.78 is 39.4. The first-order chi connectivity index (χ1) is 9.70. The van der Waals surface area contributed by atoms with Gasteiger partial charge in [-0.3, -0.25) is 4.72 Å². The van der Waals surface area contributed by atoms with Crippen LogP contribution in [0.15, 0.2) is 28.5 Å².